The summed E-state index contributed by atoms with van der Waals surface area (Å²) in [5, 5.41) is 3.51. The van der Waals surface area contributed by atoms with Crippen molar-refractivity contribution in [1.82, 2.24) is 15.1 Å². The Morgan fingerprint density at radius 2 is 2.00 bits per heavy atom. The quantitative estimate of drug-likeness (QED) is 0.760. The van der Waals surface area contributed by atoms with Gasteiger partial charge in [0.1, 0.15) is 0 Å². The molecular formula is C14H25N3O2. The number of carbonyl (C=O) groups excluding carboxylic acids is 1. The van der Waals surface area contributed by atoms with Crippen molar-refractivity contribution in [2.45, 2.75) is 31.8 Å². The minimum absolute atomic E-state index is 0.283. The average Bonchev–Trinajstić information content (AvgIpc) is 2.99. The van der Waals surface area contributed by atoms with Crippen LogP contribution in [0.25, 0.3) is 0 Å². The van der Waals surface area contributed by atoms with Crippen LogP contribution in [0.15, 0.2) is 0 Å². The second kappa shape index (κ2) is 5.04. The lowest BCUT2D eigenvalue weighted by molar-refractivity contribution is -0.144. The van der Waals surface area contributed by atoms with E-state index in [0.29, 0.717) is 12.0 Å². The molecule has 3 aliphatic rings. The summed E-state index contributed by atoms with van der Waals surface area (Å²) in [7, 11) is 0. The zero-order valence-corrected chi connectivity index (χ0v) is 12.0. The molecule has 3 heterocycles. The molecule has 1 amide bonds. The van der Waals surface area contributed by atoms with Crippen molar-refractivity contribution in [3.63, 3.8) is 0 Å². The van der Waals surface area contributed by atoms with Crippen LogP contribution in [0.1, 0.15) is 20.3 Å². The maximum absolute atomic E-state index is 12.8. The first kappa shape index (κ1) is 13.3. The summed E-state index contributed by atoms with van der Waals surface area (Å²) in [6.07, 6.45) is 1.21. The third-order valence-corrected chi connectivity index (χ3v) is 4.97. The second-order valence-corrected chi connectivity index (χ2v) is 6.48. The third kappa shape index (κ3) is 2.39. The van der Waals surface area contributed by atoms with Gasteiger partial charge < -0.3 is 15.0 Å². The Bertz CT molecular complexity index is 341. The molecule has 3 saturated heterocycles. The van der Waals surface area contributed by atoms with Gasteiger partial charge in [-0.1, -0.05) is 0 Å². The maximum atomic E-state index is 12.8. The van der Waals surface area contributed by atoms with Crippen molar-refractivity contribution < 1.29 is 9.53 Å². The molecule has 108 valence electrons. The van der Waals surface area contributed by atoms with Gasteiger partial charge in [0.05, 0.1) is 18.8 Å². The lowest BCUT2D eigenvalue weighted by Gasteiger charge is -2.41. The summed E-state index contributed by atoms with van der Waals surface area (Å²) in [6, 6.07) is 0.532. The molecule has 2 atom stereocenters. The zero-order chi connectivity index (χ0) is 13.5. The van der Waals surface area contributed by atoms with E-state index in [1.807, 2.05) is 0 Å². The van der Waals surface area contributed by atoms with Gasteiger partial charge in [-0.25, -0.2) is 0 Å². The monoisotopic (exact) mass is 267 g/mol. The number of fused-ring (bicyclic) bond motifs is 1. The van der Waals surface area contributed by atoms with E-state index >= 15 is 0 Å². The molecule has 0 spiro atoms. The molecule has 3 fully saturated rings. The standard InChI is InChI=1S/C14H25N3O2/c1-14(2,17-5-7-19-8-6-17)13(18)16-9-11-3-4-15-12(11)10-16/h11-12,15H,3-10H2,1-2H3/t11-,12+/m0/s1. The smallest absolute Gasteiger partial charge is 0.242 e. The summed E-state index contributed by atoms with van der Waals surface area (Å²) < 4.78 is 5.38. The van der Waals surface area contributed by atoms with Crippen LogP contribution in [0.4, 0.5) is 0 Å². The molecule has 3 aliphatic heterocycles. The molecule has 0 saturated carbocycles. The van der Waals surface area contributed by atoms with Gasteiger partial charge in [0.2, 0.25) is 5.91 Å². The van der Waals surface area contributed by atoms with Gasteiger partial charge in [0.25, 0.3) is 0 Å². The number of nitrogens with one attached hydrogen (secondary N) is 1. The second-order valence-electron chi connectivity index (χ2n) is 6.48. The van der Waals surface area contributed by atoms with Gasteiger partial charge in [0, 0.05) is 32.2 Å². The van der Waals surface area contributed by atoms with Gasteiger partial charge >= 0.3 is 0 Å². The summed E-state index contributed by atoms with van der Waals surface area (Å²) in [6.45, 7) is 10.2. The molecule has 3 rings (SSSR count). The minimum atomic E-state index is -0.400. The van der Waals surface area contributed by atoms with E-state index in [2.05, 4.69) is 29.0 Å². The number of hydrogen-bond donors (Lipinski definition) is 1. The molecule has 0 aromatic heterocycles. The average molecular weight is 267 g/mol. The van der Waals surface area contributed by atoms with Crippen molar-refractivity contribution >= 4 is 5.91 Å². The molecule has 0 bridgehead atoms. The molecule has 19 heavy (non-hydrogen) atoms. The van der Waals surface area contributed by atoms with Crippen molar-refractivity contribution in [1.29, 1.82) is 0 Å². The largest absolute Gasteiger partial charge is 0.379 e. The lowest BCUT2D eigenvalue weighted by Crippen LogP contribution is -2.58. The molecule has 0 unspecified atom stereocenters. The first-order valence-corrected chi connectivity index (χ1v) is 7.44. The predicted molar refractivity (Wildman–Crippen MR) is 72.9 cm³/mol. The molecule has 0 aromatic carbocycles. The van der Waals surface area contributed by atoms with E-state index in [-0.39, 0.29) is 5.91 Å². The Labute approximate surface area is 115 Å². The number of likely N-dealkylation sites (tertiary alicyclic amines) is 1. The number of ether oxygens (including phenoxy) is 1. The summed E-state index contributed by atoms with van der Waals surface area (Å²) >= 11 is 0. The van der Waals surface area contributed by atoms with E-state index in [0.717, 1.165) is 45.9 Å². The van der Waals surface area contributed by atoms with Gasteiger partial charge in [-0.05, 0) is 32.7 Å². The number of nitrogens with zero attached hydrogens (tertiary/aromatic N) is 2. The van der Waals surface area contributed by atoms with Gasteiger partial charge in [0.15, 0.2) is 0 Å². The lowest BCUT2D eigenvalue weighted by atomic mass is 10.00. The van der Waals surface area contributed by atoms with Crippen molar-refractivity contribution in [2.24, 2.45) is 5.92 Å². The molecule has 1 N–H and O–H groups in total. The van der Waals surface area contributed by atoms with Gasteiger partial charge in [-0.15, -0.1) is 0 Å². The Kier molecular flexibility index (Phi) is 3.53. The molecule has 5 nitrogen and oxygen atoms in total. The van der Waals surface area contributed by atoms with Crippen LogP contribution in [0.3, 0.4) is 0 Å². The maximum Gasteiger partial charge on any atom is 0.242 e. The summed E-state index contributed by atoms with van der Waals surface area (Å²) in [4.78, 5) is 17.1. The van der Waals surface area contributed by atoms with Crippen LogP contribution in [0, 0.1) is 5.92 Å². The number of amides is 1. The van der Waals surface area contributed by atoms with Crippen LogP contribution in [-0.2, 0) is 9.53 Å². The highest BCUT2D eigenvalue weighted by atomic mass is 16.5. The first-order valence-electron chi connectivity index (χ1n) is 7.44. The van der Waals surface area contributed by atoms with E-state index in [4.69, 9.17) is 4.74 Å². The zero-order valence-electron chi connectivity index (χ0n) is 12.0. The Balaban J connectivity index is 1.65. The fraction of sp³-hybridized carbons (Fsp3) is 0.929. The van der Waals surface area contributed by atoms with Crippen LogP contribution < -0.4 is 5.32 Å². The fourth-order valence-electron chi connectivity index (χ4n) is 3.66. The number of hydrogen-bond acceptors (Lipinski definition) is 4. The van der Waals surface area contributed by atoms with Crippen LogP contribution in [0.2, 0.25) is 0 Å². The van der Waals surface area contributed by atoms with E-state index in [9.17, 15) is 4.79 Å². The Morgan fingerprint density at radius 1 is 1.26 bits per heavy atom. The molecule has 0 radical (unpaired) electrons. The SMILES string of the molecule is CC(C)(C(=O)N1C[C@@H]2CCN[C@@H]2C1)N1CCOCC1. The number of morpholine rings is 1. The van der Waals surface area contributed by atoms with Crippen LogP contribution in [-0.4, -0.2) is 73.2 Å². The number of rotatable bonds is 2. The predicted octanol–water partition coefficient (Wildman–Crippen LogP) is -0.0825. The fourth-order valence-corrected chi connectivity index (χ4v) is 3.66. The van der Waals surface area contributed by atoms with E-state index in [1.54, 1.807) is 0 Å². The normalized spacial score (nSPS) is 32.6. The highest BCUT2D eigenvalue weighted by Gasteiger charge is 2.44. The summed E-state index contributed by atoms with van der Waals surface area (Å²) in [5.74, 6) is 0.954. The molecular weight excluding hydrogens is 242 g/mol. The van der Waals surface area contributed by atoms with E-state index in [1.165, 1.54) is 6.42 Å². The molecule has 5 heteroatoms. The third-order valence-electron chi connectivity index (χ3n) is 4.97. The minimum Gasteiger partial charge on any atom is -0.379 e. The highest BCUT2D eigenvalue weighted by Crippen LogP contribution is 2.28. The Morgan fingerprint density at radius 3 is 2.68 bits per heavy atom. The Hall–Kier alpha value is -0.650. The highest BCUT2D eigenvalue weighted by molar-refractivity contribution is 5.86. The molecule has 0 aromatic rings. The van der Waals surface area contributed by atoms with Crippen molar-refractivity contribution in [2.75, 3.05) is 45.9 Å². The summed E-state index contributed by atoms with van der Waals surface area (Å²) in [5.41, 5.74) is -0.400. The molecule has 0 aliphatic carbocycles. The number of carbonyl (C=O) groups is 1. The van der Waals surface area contributed by atoms with Crippen molar-refractivity contribution in [3.05, 3.63) is 0 Å². The van der Waals surface area contributed by atoms with Gasteiger partial charge in [-0.2, -0.15) is 0 Å². The van der Waals surface area contributed by atoms with Crippen molar-refractivity contribution in [3.8, 4) is 0 Å². The van der Waals surface area contributed by atoms with Crippen LogP contribution in [0.5, 0.6) is 0 Å². The first-order chi connectivity index (χ1) is 9.09. The van der Waals surface area contributed by atoms with Crippen LogP contribution >= 0.6 is 0 Å². The topological polar surface area (TPSA) is 44.8 Å². The van der Waals surface area contributed by atoms with E-state index < -0.39 is 5.54 Å². The van der Waals surface area contributed by atoms with Gasteiger partial charge in [-0.3, -0.25) is 9.69 Å².